The monoisotopic (exact) mass is 771 g/mol. The SMILES string of the molecule is CCn1c([C@@]23CC[C@]4(C)[C@H](CC[C@@H]5[C@@]6(C)CC[C@H](OC(=O)CC(C)(C)C(=O)O)C(C)(C)[C@@H]6CC[C@]54C)C2=C(C(C)C)C(=O)C3)cc(=O)n1-c1ccc(OC)nc1. The zero-order valence-corrected chi connectivity index (χ0v) is 35.7. The Morgan fingerprint density at radius 2 is 1.68 bits per heavy atom. The van der Waals surface area contributed by atoms with Crippen LogP contribution in [0.4, 0.5) is 0 Å². The predicted octanol–water partition coefficient (Wildman–Crippen LogP) is 8.71. The number of esters is 1. The highest BCUT2D eigenvalue weighted by Gasteiger charge is 2.70. The van der Waals surface area contributed by atoms with Crippen molar-refractivity contribution in [2.24, 2.45) is 50.7 Å². The first-order chi connectivity index (χ1) is 26.1. The predicted molar refractivity (Wildman–Crippen MR) is 215 cm³/mol. The summed E-state index contributed by atoms with van der Waals surface area (Å²) >= 11 is 0. The van der Waals surface area contributed by atoms with Crippen LogP contribution in [0.3, 0.4) is 0 Å². The minimum atomic E-state index is -1.18. The summed E-state index contributed by atoms with van der Waals surface area (Å²) in [7, 11) is 1.58. The summed E-state index contributed by atoms with van der Waals surface area (Å²) in [6.45, 7) is 22.3. The van der Waals surface area contributed by atoms with Gasteiger partial charge in [-0.1, -0.05) is 48.5 Å². The molecule has 0 amide bonds. The van der Waals surface area contributed by atoms with Gasteiger partial charge in [0, 0.05) is 35.9 Å². The summed E-state index contributed by atoms with van der Waals surface area (Å²) in [6.07, 6.45) is 9.36. The lowest BCUT2D eigenvalue weighted by atomic mass is 9.33. The third-order valence-electron chi connectivity index (χ3n) is 16.8. The number of hydrogen-bond donors (Lipinski definition) is 1. The van der Waals surface area contributed by atoms with E-state index < -0.39 is 22.8 Å². The summed E-state index contributed by atoms with van der Waals surface area (Å²) in [5.41, 5.74) is 1.84. The number of pyridine rings is 1. The second-order valence-electron chi connectivity index (χ2n) is 20.4. The Hall–Kier alpha value is -3.69. The maximum Gasteiger partial charge on any atom is 0.309 e. The minimum absolute atomic E-state index is 0.0181. The van der Waals surface area contributed by atoms with Crippen LogP contribution >= 0.6 is 0 Å². The fourth-order valence-electron chi connectivity index (χ4n) is 13.8. The fraction of sp³-hybridized carbons (Fsp3) is 0.717. The summed E-state index contributed by atoms with van der Waals surface area (Å²) in [5.74, 6) is 0.399. The van der Waals surface area contributed by atoms with Crippen LogP contribution in [-0.2, 0) is 31.1 Å². The number of methoxy groups -OCH3 is 1. The van der Waals surface area contributed by atoms with Gasteiger partial charge in [-0.3, -0.25) is 23.9 Å². The Kier molecular flexibility index (Phi) is 9.72. The van der Waals surface area contributed by atoms with Crippen molar-refractivity contribution < 1.29 is 29.0 Å². The number of rotatable bonds is 9. The molecule has 10 nitrogen and oxygen atoms in total. The Bertz CT molecular complexity index is 2020. The molecule has 5 aliphatic carbocycles. The number of nitrogens with zero attached hydrogens (tertiary/aromatic N) is 3. The number of fused-ring (bicyclic) bond motifs is 7. The van der Waals surface area contributed by atoms with Crippen LogP contribution in [0.2, 0.25) is 0 Å². The minimum Gasteiger partial charge on any atom is -0.481 e. The van der Waals surface area contributed by atoms with Crippen LogP contribution in [0.15, 0.2) is 40.3 Å². The first kappa shape index (κ1) is 40.5. The largest absolute Gasteiger partial charge is 0.481 e. The van der Waals surface area contributed by atoms with Gasteiger partial charge in [0.15, 0.2) is 5.78 Å². The Balaban J connectivity index is 1.25. The van der Waals surface area contributed by atoms with Crippen molar-refractivity contribution >= 4 is 17.7 Å². The molecule has 1 N–H and O–H groups in total. The van der Waals surface area contributed by atoms with Crippen LogP contribution in [0.1, 0.15) is 139 Å². The Labute approximate surface area is 332 Å². The molecule has 0 bridgehead atoms. The first-order valence-corrected chi connectivity index (χ1v) is 21.2. The van der Waals surface area contributed by atoms with Crippen LogP contribution in [0.5, 0.6) is 5.88 Å². The van der Waals surface area contributed by atoms with Gasteiger partial charge in [0.05, 0.1) is 36.5 Å². The molecule has 5 aliphatic rings. The number of carboxylic acids is 1. The molecule has 10 heteroatoms. The average molecular weight is 772 g/mol. The number of carbonyl (C=O) groups excluding carboxylic acids is 2. The molecule has 2 aromatic heterocycles. The molecule has 306 valence electrons. The number of Topliss-reactive ketones (excluding diaryl/α,β-unsaturated/α-hetero) is 1. The number of carboxylic acid groups (broad SMARTS) is 1. The van der Waals surface area contributed by atoms with Crippen molar-refractivity contribution in [2.45, 2.75) is 152 Å². The smallest absolute Gasteiger partial charge is 0.309 e. The van der Waals surface area contributed by atoms with Crippen LogP contribution < -0.4 is 10.3 Å². The normalized spacial score (nSPS) is 35.0. The van der Waals surface area contributed by atoms with Crippen LogP contribution in [0, 0.1) is 50.7 Å². The lowest BCUT2D eigenvalue weighted by Crippen LogP contribution is -2.66. The zero-order chi connectivity index (χ0) is 41.0. The van der Waals surface area contributed by atoms with Gasteiger partial charge in [-0.25, -0.2) is 9.67 Å². The summed E-state index contributed by atoms with van der Waals surface area (Å²) in [6, 6.07) is 5.45. The van der Waals surface area contributed by atoms with Crippen molar-refractivity contribution in [1.29, 1.82) is 0 Å². The topological polar surface area (TPSA) is 130 Å². The molecule has 0 aliphatic heterocycles. The maximum absolute atomic E-state index is 14.4. The molecule has 2 heterocycles. The van der Waals surface area contributed by atoms with Gasteiger partial charge in [0.25, 0.3) is 5.56 Å². The molecule has 0 radical (unpaired) electrons. The van der Waals surface area contributed by atoms with E-state index in [1.807, 2.05) is 12.1 Å². The molecule has 0 unspecified atom stereocenters. The van der Waals surface area contributed by atoms with Crippen LogP contribution in [-0.4, -0.2) is 50.4 Å². The highest BCUT2D eigenvalue weighted by Crippen LogP contribution is 2.77. The number of ether oxygens (including phenoxy) is 2. The first-order valence-electron chi connectivity index (χ1n) is 21.2. The van der Waals surface area contributed by atoms with Gasteiger partial charge >= 0.3 is 11.9 Å². The highest BCUT2D eigenvalue weighted by molar-refractivity contribution is 6.01. The van der Waals surface area contributed by atoms with E-state index in [0.717, 1.165) is 62.6 Å². The number of hydrogen-bond acceptors (Lipinski definition) is 7. The molecule has 7 rings (SSSR count). The van der Waals surface area contributed by atoms with E-state index in [4.69, 9.17) is 9.47 Å². The Morgan fingerprint density at radius 1 is 0.964 bits per heavy atom. The number of allylic oxidation sites excluding steroid dienone is 2. The maximum atomic E-state index is 14.4. The second kappa shape index (κ2) is 13.4. The van der Waals surface area contributed by atoms with Crippen molar-refractivity contribution in [3.05, 3.63) is 51.6 Å². The van der Waals surface area contributed by atoms with E-state index in [0.29, 0.717) is 36.4 Å². The van der Waals surface area contributed by atoms with E-state index in [1.165, 1.54) is 5.57 Å². The van der Waals surface area contributed by atoms with E-state index in [1.54, 1.807) is 37.9 Å². The summed E-state index contributed by atoms with van der Waals surface area (Å²) in [4.78, 5) is 57.8. The van der Waals surface area contributed by atoms with Gasteiger partial charge in [-0.05, 0) is 129 Å². The van der Waals surface area contributed by atoms with Crippen molar-refractivity contribution in [1.82, 2.24) is 14.3 Å². The summed E-state index contributed by atoms with van der Waals surface area (Å²) < 4.78 is 15.3. The molecule has 8 atom stereocenters. The third-order valence-corrected chi connectivity index (χ3v) is 16.8. The summed E-state index contributed by atoms with van der Waals surface area (Å²) in [5, 5.41) is 9.65. The van der Waals surface area contributed by atoms with Gasteiger partial charge in [0.1, 0.15) is 6.10 Å². The van der Waals surface area contributed by atoms with E-state index >= 15 is 0 Å². The van der Waals surface area contributed by atoms with Crippen LogP contribution in [0.25, 0.3) is 5.69 Å². The molecule has 4 saturated carbocycles. The van der Waals surface area contributed by atoms with E-state index in [9.17, 15) is 24.3 Å². The lowest BCUT2D eigenvalue weighted by molar-refractivity contribution is -0.232. The molecule has 0 aromatic carbocycles. The fourth-order valence-corrected chi connectivity index (χ4v) is 13.8. The van der Waals surface area contributed by atoms with Gasteiger partial charge < -0.3 is 14.6 Å². The van der Waals surface area contributed by atoms with Crippen molar-refractivity contribution in [3.63, 3.8) is 0 Å². The number of carbonyl (C=O) groups is 3. The van der Waals surface area contributed by atoms with Gasteiger partial charge in [-0.15, -0.1) is 0 Å². The van der Waals surface area contributed by atoms with E-state index in [-0.39, 0.29) is 57.4 Å². The lowest BCUT2D eigenvalue weighted by Gasteiger charge is -2.72. The molecular formula is C46H65N3O7. The molecule has 56 heavy (non-hydrogen) atoms. The number of aromatic nitrogens is 3. The third kappa shape index (κ3) is 5.64. The Morgan fingerprint density at radius 3 is 2.29 bits per heavy atom. The molecule has 2 aromatic rings. The van der Waals surface area contributed by atoms with Gasteiger partial charge in [0.2, 0.25) is 5.88 Å². The molecular weight excluding hydrogens is 707 g/mol. The zero-order valence-electron chi connectivity index (χ0n) is 35.7. The van der Waals surface area contributed by atoms with Crippen molar-refractivity contribution in [3.8, 4) is 11.6 Å². The highest BCUT2D eigenvalue weighted by atomic mass is 16.5. The molecule has 0 spiro atoms. The number of ketones is 1. The second-order valence-corrected chi connectivity index (χ2v) is 20.4. The van der Waals surface area contributed by atoms with E-state index in [2.05, 4.69) is 65.1 Å². The average Bonchev–Trinajstić information content (AvgIpc) is 3.63. The molecule has 0 saturated heterocycles. The molecule has 4 fully saturated rings. The standard InChI is InChI=1S/C46H65N3O7/c1-12-48-33(23-36(51)49(48)28-13-16-35(55-11)47-26-28)46-22-21-44(9)29(39(46)38(27(2)3)30(50)24-46)14-15-32-43(8)19-18-34(56-37(52)25-41(4,5)40(53)54)42(6,7)31(43)17-20-45(32,44)10/h13,16,23,26-27,29,31-32,34H,12,14-15,17-22,24-25H2,1-11H3,(H,53,54)/t29-,31+,32-,34+,43+,44-,45-,46+/m1/s1. The quantitative estimate of drug-likeness (QED) is 0.251. The van der Waals surface area contributed by atoms with Gasteiger partial charge in [-0.2, -0.15) is 0 Å². The van der Waals surface area contributed by atoms with Crippen molar-refractivity contribution in [2.75, 3.05) is 7.11 Å². The number of aliphatic carboxylic acids is 1.